The first-order valence-corrected chi connectivity index (χ1v) is 12.2. The predicted octanol–water partition coefficient (Wildman–Crippen LogP) is 4.68. The van der Waals surface area contributed by atoms with E-state index >= 15 is 0 Å². The number of hydrogen-bond acceptors (Lipinski definition) is 5. The van der Waals surface area contributed by atoms with E-state index in [9.17, 15) is 9.59 Å². The van der Waals surface area contributed by atoms with E-state index in [2.05, 4.69) is 5.32 Å². The average Bonchev–Trinajstić information content (AvgIpc) is 3.51. The number of amides is 3. The molecule has 1 aliphatic rings. The third-order valence-corrected chi connectivity index (χ3v) is 6.71. The quantitative estimate of drug-likeness (QED) is 0.414. The normalized spacial score (nSPS) is 15.6. The molecule has 9 heteroatoms. The molecule has 1 N–H and O–H groups in total. The lowest BCUT2D eigenvalue weighted by molar-refractivity contribution is 0.0582. The van der Waals surface area contributed by atoms with Crippen LogP contribution in [0, 0.1) is 0 Å². The zero-order valence-corrected chi connectivity index (χ0v) is 21.1. The number of furan rings is 1. The minimum absolute atomic E-state index is 0.0867. The lowest BCUT2D eigenvalue weighted by Crippen LogP contribution is -2.56. The number of aromatic nitrogens is 1. The van der Waals surface area contributed by atoms with Gasteiger partial charge in [-0.1, -0.05) is 12.1 Å². The Bertz CT molecular complexity index is 1410. The fourth-order valence-electron chi connectivity index (χ4n) is 4.74. The van der Waals surface area contributed by atoms with Crippen LogP contribution < -0.4 is 14.8 Å². The van der Waals surface area contributed by atoms with Gasteiger partial charge in [0.05, 0.1) is 27.0 Å². The molecule has 0 aliphatic carbocycles. The maximum absolute atomic E-state index is 13.7. The Morgan fingerprint density at radius 1 is 1.00 bits per heavy atom. The number of methoxy groups -OCH3 is 2. The van der Waals surface area contributed by atoms with Crippen molar-refractivity contribution in [1.82, 2.24) is 14.4 Å². The molecule has 9 nitrogen and oxygen atoms in total. The summed E-state index contributed by atoms with van der Waals surface area (Å²) in [4.78, 5) is 30.2. The summed E-state index contributed by atoms with van der Waals surface area (Å²) < 4.78 is 18.2. The first kappa shape index (κ1) is 24.3. The molecule has 0 radical (unpaired) electrons. The molecule has 0 bridgehead atoms. The molecule has 1 aliphatic heterocycles. The van der Waals surface area contributed by atoms with E-state index in [0.717, 1.165) is 22.4 Å². The number of nitrogens with zero attached hydrogens (tertiary/aromatic N) is 3. The van der Waals surface area contributed by atoms with Crippen molar-refractivity contribution in [3.8, 4) is 11.5 Å². The van der Waals surface area contributed by atoms with Crippen molar-refractivity contribution in [3.63, 3.8) is 0 Å². The van der Waals surface area contributed by atoms with E-state index in [-0.39, 0.29) is 18.0 Å². The zero-order valence-electron chi connectivity index (χ0n) is 21.1. The third-order valence-electron chi connectivity index (χ3n) is 6.71. The van der Waals surface area contributed by atoms with Crippen molar-refractivity contribution in [1.29, 1.82) is 0 Å². The molecule has 3 amide bonds. The molecule has 1 atom stereocenters. The van der Waals surface area contributed by atoms with Gasteiger partial charge in [-0.3, -0.25) is 4.79 Å². The van der Waals surface area contributed by atoms with Crippen LogP contribution in [0.1, 0.15) is 23.0 Å². The number of ether oxygens (including phenoxy) is 2. The highest BCUT2D eigenvalue weighted by atomic mass is 16.5. The molecule has 0 saturated carbocycles. The number of urea groups is 1. The minimum Gasteiger partial charge on any atom is -0.497 e. The standard InChI is InChI=1S/C28H30N4O5/c1-19-17-30(12-13-31(19)28(34)29-22-7-9-23(35-2)10-8-22)26(33)25-16-21-11-14-37-27(21)32(25)18-20-5-4-6-24(15-20)36-3/h4-11,14-16,19H,12-13,17-18H2,1-3H3,(H,29,34). The first-order chi connectivity index (χ1) is 18.0. The van der Waals surface area contributed by atoms with Gasteiger partial charge in [0.25, 0.3) is 5.91 Å². The van der Waals surface area contributed by atoms with Crippen LogP contribution in [-0.4, -0.2) is 66.2 Å². The average molecular weight is 503 g/mol. The van der Waals surface area contributed by atoms with Gasteiger partial charge in [0.15, 0.2) is 0 Å². The van der Waals surface area contributed by atoms with Crippen LogP contribution in [0.4, 0.5) is 10.5 Å². The number of nitrogens with one attached hydrogen (secondary N) is 1. The second-order valence-corrected chi connectivity index (χ2v) is 9.10. The van der Waals surface area contributed by atoms with Crippen molar-refractivity contribution in [2.75, 3.05) is 39.2 Å². The second kappa shape index (κ2) is 10.3. The van der Waals surface area contributed by atoms with Gasteiger partial charge in [-0.2, -0.15) is 0 Å². The zero-order chi connectivity index (χ0) is 25.9. The number of hydrogen-bond donors (Lipinski definition) is 1. The molecule has 0 spiro atoms. The van der Waals surface area contributed by atoms with E-state index in [1.807, 2.05) is 47.9 Å². The molecular weight excluding hydrogens is 472 g/mol. The highest BCUT2D eigenvalue weighted by Gasteiger charge is 2.32. The summed E-state index contributed by atoms with van der Waals surface area (Å²) in [6.07, 6.45) is 1.63. The van der Waals surface area contributed by atoms with Crippen molar-refractivity contribution < 1.29 is 23.5 Å². The summed E-state index contributed by atoms with van der Waals surface area (Å²) in [7, 11) is 3.23. The van der Waals surface area contributed by atoms with Crippen molar-refractivity contribution in [2.45, 2.75) is 19.5 Å². The smallest absolute Gasteiger partial charge is 0.322 e. The molecular formula is C28H30N4O5. The lowest BCUT2D eigenvalue weighted by Gasteiger charge is -2.39. The summed E-state index contributed by atoms with van der Waals surface area (Å²) in [5.74, 6) is 1.39. The molecule has 3 heterocycles. The van der Waals surface area contributed by atoms with Gasteiger partial charge in [-0.05, 0) is 61.0 Å². The first-order valence-electron chi connectivity index (χ1n) is 12.2. The highest BCUT2D eigenvalue weighted by molar-refractivity contribution is 5.98. The maximum Gasteiger partial charge on any atom is 0.322 e. The highest BCUT2D eigenvalue weighted by Crippen LogP contribution is 2.26. The SMILES string of the molecule is COc1ccc(NC(=O)N2CCN(C(=O)c3cc4ccoc4n3Cc3cccc(OC)c3)CC2C)cc1. The molecule has 37 heavy (non-hydrogen) atoms. The van der Waals surface area contributed by atoms with Crippen LogP contribution >= 0.6 is 0 Å². The Labute approximate surface area is 215 Å². The number of fused-ring (bicyclic) bond motifs is 1. The maximum atomic E-state index is 13.7. The summed E-state index contributed by atoms with van der Waals surface area (Å²) in [6.45, 7) is 3.72. The summed E-state index contributed by atoms with van der Waals surface area (Å²) in [6, 6.07) is 18.3. The summed E-state index contributed by atoms with van der Waals surface area (Å²) >= 11 is 0. The van der Waals surface area contributed by atoms with Crippen molar-refractivity contribution in [3.05, 3.63) is 78.2 Å². The molecule has 5 rings (SSSR count). The minimum atomic E-state index is -0.191. The van der Waals surface area contributed by atoms with Gasteiger partial charge in [-0.25, -0.2) is 4.79 Å². The van der Waals surface area contributed by atoms with Gasteiger partial charge in [0, 0.05) is 36.7 Å². The molecule has 2 aromatic carbocycles. The van der Waals surface area contributed by atoms with Gasteiger partial charge >= 0.3 is 6.03 Å². The molecule has 1 unspecified atom stereocenters. The number of carbonyl (C=O) groups is 2. The Morgan fingerprint density at radius 3 is 2.51 bits per heavy atom. The Balaban J connectivity index is 1.30. The third kappa shape index (κ3) is 4.97. The van der Waals surface area contributed by atoms with Gasteiger partial charge in [-0.15, -0.1) is 0 Å². The Morgan fingerprint density at radius 2 is 1.78 bits per heavy atom. The Kier molecular flexibility index (Phi) is 6.76. The molecule has 192 valence electrons. The number of rotatable bonds is 6. The largest absolute Gasteiger partial charge is 0.497 e. The van der Waals surface area contributed by atoms with E-state index in [1.165, 1.54) is 0 Å². The Hall–Kier alpha value is -4.40. The second-order valence-electron chi connectivity index (χ2n) is 9.10. The monoisotopic (exact) mass is 502 g/mol. The van der Waals surface area contributed by atoms with Gasteiger partial charge in [0.1, 0.15) is 17.2 Å². The van der Waals surface area contributed by atoms with E-state index in [4.69, 9.17) is 13.9 Å². The number of benzene rings is 2. The molecule has 1 saturated heterocycles. The van der Waals surface area contributed by atoms with E-state index < -0.39 is 0 Å². The number of piperazine rings is 1. The predicted molar refractivity (Wildman–Crippen MR) is 140 cm³/mol. The topological polar surface area (TPSA) is 89.2 Å². The van der Waals surface area contributed by atoms with Crippen LogP contribution in [0.15, 0.2) is 71.3 Å². The van der Waals surface area contributed by atoms with Crippen LogP contribution in [0.25, 0.3) is 11.1 Å². The molecule has 2 aromatic heterocycles. The van der Waals surface area contributed by atoms with Crippen molar-refractivity contribution in [2.24, 2.45) is 0 Å². The van der Waals surface area contributed by atoms with Crippen LogP contribution in [-0.2, 0) is 6.54 Å². The van der Waals surface area contributed by atoms with Crippen LogP contribution in [0.2, 0.25) is 0 Å². The van der Waals surface area contributed by atoms with Gasteiger partial charge in [0.2, 0.25) is 5.71 Å². The van der Waals surface area contributed by atoms with E-state index in [1.54, 1.807) is 54.5 Å². The molecule has 4 aromatic rings. The summed E-state index contributed by atoms with van der Waals surface area (Å²) in [5.41, 5.74) is 2.89. The summed E-state index contributed by atoms with van der Waals surface area (Å²) in [5, 5.41) is 3.80. The van der Waals surface area contributed by atoms with Crippen molar-refractivity contribution >= 4 is 28.7 Å². The fourth-order valence-corrected chi connectivity index (χ4v) is 4.74. The number of carbonyl (C=O) groups excluding carboxylic acids is 2. The van der Waals surface area contributed by atoms with E-state index in [0.29, 0.717) is 43.3 Å². The fraction of sp³-hybridized carbons (Fsp3) is 0.286. The van der Waals surface area contributed by atoms with Gasteiger partial charge < -0.3 is 33.6 Å². The van der Waals surface area contributed by atoms with Crippen LogP contribution in [0.3, 0.4) is 0 Å². The van der Waals surface area contributed by atoms with Crippen LogP contribution in [0.5, 0.6) is 11.5 Å². The lowest BCUT2D eigenvalue weighted by atomic mass is 10.1. The molecule has 1 fully saturated rings. The number of anilines is 1.